The second-order valence-corrected chi connectivity index (χ2v) is 4.19. The summed E-state index contributed by atoms with van der Waals surface area (Å²) in [6.45, 7) is 0. The second kappa shape index (κ2) is 4.05. The summed E-state index contributed by atoms with van der Waals surface area (Å²) in [7, 11) is 0. The Morgan fingerprint density at radius 1 is 1.55 bits per heavy atom. The molecule has 0 saturated carbocycles. The second-order valence-electron chi connectivity index (χ2n) is 1.99. The van der Waals surface area contributed by atoms with Crippen molar-refractivity contribution < 1.29 is 4.39 Å². The average molecular weight is 349 g/mol. The molecule has 0 radical (unpaired) electrons. The molecule has 0 aliphatic carbocycles. The van der Waals surface area contributed by atoms with E-state index in [-0.39, 0.29) is 5.82 Å². The topological polar surface area (TPSA) is 0 Å². The van der Waals surface area contributed by atoms with Crippen LogP contribution in [0.15, 0.2) is 16.6 Å². The van der Waals surface area contributed by atoms with Crippen LogP contribution in [-0.4, -0.2) is 0 Å². The molecule has 0 unspecified atom stereocenters. The van der Waals surface area contributed by atoms with Gasteiger partial charge < -0.3 is 0 Å². The predicted octanol–water partition coefficient (Wildman–Crippen LogP) is 3.93. The van der Waals surface area contributed by atoms with Gasteiger partial charge in [0.15, 0.2) is 0 Å². The molecule has 4 heteroatoms. The lowest BCUT2D eigenvalue weighted by molar-refractivity contribution is 0.625. The monoisotopic (exact) mass is 348 g/mol. The molecule has 1 rings (SSSR count). The van der Waals surface area contributed by atoms with E-state index < -0.39 is 0 Å². The van der Waals surface area contributed by atoms with Crippen LogP contribution in [0.3, 0.4) is 0 Å². The van der Waals surface area contributed by atoms with Gasteiger partial charge in [-0.25, -0.2) is 4.39 Å². The number of hydrogen-bond acceptors (Lipinski definition) is 0. The zero-order valence-corrected chi connectivity index (χ0v) is 9.87. The molecule has 1 aromatic carbocycles. The number of hydrogen-bond donors (Lipinski definition) is 0. The molecule has 0 aliphatic rings. The van der Waals surface area contributed by atoms with E-state index >= 15 is 0 Å². The summed E-state index contributed by atoms with van der Waals surface area (Å²) >= 11 is 10.9. The van der Waals surface area contributed by atoms with Crippen LogP contribution >= 0.6 is 50.1 Å². The summed E-state index contributed by atoms with van der Waals surface area (Å²) in [5.41, 5.74) is 0.819. The molecular formula is C7H4BrClFI. The van der Waals surface area contributed by atoms with Gasteiger partial charge in [-0.1, -0.05) is 0 Å². The average Bonchev–Trinajstić information content (AvgIpc) is 1.96. The molecule has 0 nitrogen and oxygen atoms in total. The minimum absolute atomic E-state index is 0.257. The highest BCUT2D eigenvalue weighted by atomic mass is 127. The lowest BCUT2D eigenvalue weighted by atomic mass is 10.2. The minimum atomic E-state index is -0.257. The largest absolute Gasteiger partial charge is 0.207 e. The van der Waals surface area contributed by atoms with Crippen LogP contribution in [0.1, 0.15) is 5.56 Å². The molecule has 0 aliphatic heterocycles. The van der Waals surface area contributed by atoms with E-state index in [1.807, 2.05) is 0 Å². The summed E-state index contributed by atoms with van der Waals surface area (Å²) in [4.78, 5) is 0. The predicted molar refractivity (Wildman–Crippen MR) is 56.4 cm³/mol. The molecule has 0 atom stereocenters. The molecule has 0 amide bonds. The first kappa shape index (κ1) is 9.74. The minimum Gasteiger partial charge on any atom is -0.207 e. The summed E-state index contributed by atoms with van der Waals surface area (Å²) < 4.78 is 14.4. The number of benzene rings is 1. The first-order valence-corrected chi connectivity index (χ1v) is 5.25. The normalized spacial score (nSPS) is 10.2. The van der Waals surface area contributed by atoms with Crippen LogP contribution in [0.5, 0.6) is 0 Å². The molecular weight excluding hydrogens is 345 g/mol. The Morgan fingerprint density at radius 2 is 2.18 bits per heavy atom. The fourth-order valence-electron chi connectivity index (χ4n) is 0.707. The van der Waals surface area contributed by atoms with E-state index in [0.717, 1.165) is 13.6 Å². The number of halogens is 4. The molecule has 0 aromatic heterocycles. The van der Waals surface area contributed by atoms with Gasteiger partial charge in [-0.15, -0.1) is 11.6 Å². The maximum absolute atomic E-state index is 12.7. The zero-order chi connectivity index (χ0) is 8.43. The van der Waals surface area contributed by atoms with Crippen LogP contribution in [0.2, 0.25) is 0 Å². The van der Waals surface area contributed by atoms with Crippen molar-refractivity contribution in [1.29, 1.82) is 0 Å². The maximum Gasteiger partial charge on any atom is 0.124 e. The zero-order valence-electron chi connectivity index (χ0n) is 5.37. The quantitative estimate of drug-likeness (QED) is 0.409. The third-order valence-corrected chi connectivity index (χ3v) is 4.14. The summed E-state index contributed by atoms with van der Waals surface area (Å²) in [5, 5.41) is 0. The van der Waals surface area contributed by atoms with E-state index in [1.54, 1.807) is 0 Å². The van der Waals surface area contributed by atoms with Gasteiger partial charge in [0.05, 0.1) is 0 Å². The lowest BCUT2D eigenvalue weighted by Gasteiger charge is -2.02. The Kier molecular flexibility index (Phi) is 3.58. The van der Waals surface area contributed by atoms with Crippen LogP contribution in [0.25, 0.3) is 0 Å². The number of rotatable bonds is 1. The summed E-state index contributed by atoms with van der Waals surface area (Å²) in [6, 6.07) is 2.87. The molecule has 60 valence electrons. The van der Waals surface area contributed by atoms with E-state index in [0.29, 0.717) is 5.88 Å². The van der Waals surface area contributed by atoms with Gasteiger partial charge >= 0.3 is 0 Å². The molecule has 0 bridgehead atoms. The first-order chi connectivity index (χ1) is 5.15. The maximum atomic E-state index is 12.7. The van der Waals surface area contributed by atoms with Crippen molar-refractivity contribution in [3.8, 4) is 0 Å². The van der Waals surface area contributed by atoms with Gasteiger partial charge in [0.1, 0.15) is 5.82 Å². The van der Waals surface area contributed by atoms with Gasteiger partial charge in [-0.05, 0) is 56.2 Å². The lowest BCUT2D eigenvalue weighted by Crippen LogP contribution is -1.88. The van der Waals surface area contributed by atoms with Crippen LogP contribution in [0.4, 0.5) is 4.39 Å². The highest BCUT2D eigenvalue weighted by molar-refractivity contribution is 14.1. The summed E-state index contributed by atoms with van der Waals surface area (Å²) in [6.07, 6.45) is 0. The third kappa shape index (κ3) is 2.29. The van der Waals surface area contributed by atoms with Gasteiger partial charge in [0.2, 0.25) is 0 Å². The van der Waals surface area contributed by atoms with Crippen molar-refractivity contribution in [3.63, 3.8) is 0 Å². The molecule has 0 heterocycles. The van der Waals surface area contributed by atoms with Gasteiger partial charge in [0.25, 0.3) is 0 Å². The Balaban J connectivity index is 3.24. The van der Waals surface area contributed by atoms with Crippen molar-refractivity contribution in [2.24, 2.45) is 0 Å². The van der Waals surface area contributed by atoms with E-state index in [9.17, 15) is 4.39 Å². The van der Waals surface area contributed by atoms with Crippen LogP contribution in [0, 0.1) is 9.39 Å². The SMILES string of the molecule is Fc1cc(Br)c(I)c(CCl)c1. The molecule has 11 heavy (non-hydrogen) atoms. The standard InChI is InChI=1S/C7H4BrClFI/c8-6-2-5(10)1-4(3-9)7(6)11/h1-2H,3H2. The van der Waals surface area contributed by atoms with Crippen LogP contribution in [-0.2, 0) is 5.88 Å². The third-order valence-electron chi connectivity index (χ3n) is 1.21. The first-order valence-electron chi connectivity index (χ1n) is 2.84. The molecule has 0 spiro atoms. The molecule has 0 fully saturated rings. The molecule has 0 saturated heterocycles. The van der Waals surface area contributed by atoms with Crippen molar-refractivity contribution in [2.75, 3.05) is 0 Å². The summed E-state index contributed by atoms with van der Waals surface area (Å²) in [5.74, 6) is 0.0854. The van der Waals surface area contributed by atoms with Crippen molar-refractivity contribution in [3.05, 3.63) is 31.6 Å². The van der Waals surface area contributed by atoms with E-state index in [1.165, 1.54) is 12.1 Å². The molecule has 0 N–H and O–H groups in total. The molecule has 1 aromatic rings. The van der Waals surface area contributed by atoms with E-state index in [2.05, 4.69) is 38.5 Å². The Hall–Kier alpha value is 0.650. The fourth-order valence-corrected chi connectivity index (χ4v) is 2.12. The van der Waals surface area contributed by atoms with E-state index in [4.69, 9.17) is 11.6 Å². The van der Waals surface area contributed by atoms with Gasteiger partial charge in [-0.2, -0.15) is 0 Å². The smallest absolute Gasteiger partial charge is 0.124 e. The van der Waals surface area contributed by atoms with Crippen molar-refractivity contribution in [1.82, 2.24) is 0 Å². The Morgan fingerprint density at radius 3 is 2.73 bits per heavy atom. The van der Waals surface area contributed by atoms with Crippen molar-refractivity contribution >= 4 is 50.1 Å². The van der Waals surface area contributed by atoms with Crippen molar-refractivity contribution in [2.45, 2.75) is 5.88 Å². The highest BCUT2D eigenvalue weighted by Gasteiger charge is 2.04. The fraction of sp³-hybridized carbons (Fsp3) is 0.143. The van der Waals surface area contributed by atoms with Crippen LogP contribution < -0.4 is 0 Å². The van der Waals surface area contributed by atoms with Gasteiger partial charge in [-0.3, -0.25) is 0 Å². The Bertz CT molecular complexity index is 277. The number of alkyl halides is 1. The Labute approximate surface area is 91.4 Å². The van der Waals surface area contributed by atoms with Gasteiger partial charge in [0, 0.05) is 13.9 Å². The highest BCUT2D eigenvalue weighted by Crippen LogP contribution is 2.25.